The Balaban J connectivity index is 1.55. The molecular formula is C35H34Cl3N3O4. The van der Waals surface area contributed by atoms with E-state index in [2.05, 4.69) is 16.0 Å². The molecule has 4 rings (SSSR count). The van der Waals surface area contributed by atoms with E-state index in [1.165, 1.54) is 12.1 Å². The topological polar surface area (TPSA) is 96.5 Å². The van der Waals surface area contributed by atoms with Gasteiger partial charge in [-0.3, -0.25) is 14.4 Å². The van der Waals surface area contributed by atoms with Crippen LogP contribution in [0, 0.1) is 5.92 Å². The Morgan fingerprint density at radius 3 is 2.02 bits per heavy atom. The minimum absolute atomic E-state index is 0.0767. The highest BCUT2D eigenvalue weighted by Crippen LogP contribution is 2.26. The van der Waals surface area contributed by atoms with Crippen molar-refractivity contribution in [3.63, 3.8) is 0 Å². The maximum absolute atomic E-state index is 13.8. The molecule has 0 saturated carbocycles. The molecule has 0 radical (unpaired) electrons. The van der Waals surface area contributed by atoms with Crippen LogP contribution in [0.4, 0.5) is 5.69 Å². The summed E-state index contributed by atoms with van der Waals surface area (Å²) in [6, 6.07) is 26.4. The van der Waals surface area contributed by atoms with Gasteiger partial charge in [0.25, 0.3) is 5.91 Å². The third-order valence-electron chi connectivity index (χ3n) is 6.86. The predicted octanol–water partition coefficient (Wildman–Crippen LogP) is 7.74. The maximum atomic E-state index is 13.8. The first-order valence-corrected chi connectivity index (χ1v) is 15.6. The van der Waals surface area contributed by atoms with Crippen molar-refractivity contribution < 1.29 is 19.1 Å². The lowest BCUT2D eigenvalue weighted by atomic mass is 10.0. The molecule has 0 saturated heterocycles. The zero-order valence-corrected chi connectivity index (χ0v) is 27.1. The van der Waals surface area contributed by atoms with Crippen molar-refractivity contribution in [1.82, 2.24) is 10.6 Å². The summed E-state index contributed by atoms with van der Waals surface area (Å²) in [6.07, 6.45) is 0.540. The highest BCUT2D eigenvalue weighted by Gasteiger charge is 2.29. The van der Waals surface area contributed by atoms with E-state index < -0.39 is 29.8 Å². The number of hydrogen-bond donors (Lipinski definition) is 3. The van der Waals surface area contributed by atoms with Gasteiger partial charge in [0.2, 0.25) is 11.8 Å². The fourth-order valence-electron chi connectivity index (χ4n) is 4.61. The summed E-state index contributed by atoms with van der Waals surface area (Å²) in [5.41, 5.74) is 2.37. The van der Waals surface area contributed by atoms with Gasteiger partial charge in [-0.15, -0.1) is 0 Å². The van der Waals surface area contributed by atoms with Crippen molar-refractivity contribution in [2.75, 3.05) is 5.32 Å². The molecule has 4 aromatic rings. The molecule has 2 atom stereocenters. The van der Waals surface area contributed by atoms with Gasteiger partial charge in [0.05, 0.1) is 15.6 Å². The first-order chi connectivity index (χ1) is 21.6. The number of ether oxygens (including phenoxy) is 1. The van der Waals surface area contributed by atoms with Gasteiger partial charge in [0, 0.05) is 17.1 Å². The summed E-state index contributed by atoms with van der Waals surface area (Å²) in [5.74, 6) is -1.09. The predicted molar refractivity (Wildman–Crippen MR) is 180 cm³/mol. The number of carbonyl (C=O) groups is 3. The van der Waals surface area contributed by atoms with Crippen molar-refractivity contribution in [2.45, 2.75) is 45.4 Å². The molecule has 0 heterocycles. The SMILES string of the molecule is CC(C)C[C@H](NC(=O)[C@H](Cc1ccccc1)NC(=O)c1cc(Cl)ccc1OCc1ccccc1)C(=O)Nc1ccc(Cl)c(Cl)c1. The van der Waals surface area contributed by atoms with Crippen molar-refractivity contribution in [3.8, 4) is 5.75 Å². The van der Waals surface area contributed by atoms with E-state index >= 15 is 0 Å². The Morgan fingerprint density at radius 1 is 0.711 bits per heavy atom. The molecule has 3 amide bonds. The first kappa shape index (κ1) is 33.8. The summed E-state index contributed by atoms with van der Waals surface area (Å²) >= 11 is 18.4. The lowest BCUT2D eigenvalue weighted by molar-refractivity contribution is -0.128. The highest BCUT2D eigenvalue weighted by molar-refractivity contribution is 6.42. The van der Waals surface area contributed by atoms with Crippen LogP contribution in [0.25, 0.3) is 0 Å². The number of carbonyl (C=O) groups excluding carboxylic acids is 3. The third kappa shape index (κ3) is 10.2. The summed E-state index contributed by atoms with van der Waals surface area (Å²) in [7, 11) is 0. The number of anilines is 1. The molecule has 0 fully saturated rings. The summed E-state index contributed by atoms with van der Waals surface area (Å²) in [5, 5.41) is 9.50. The second-order valence-electron chi connectivity index (χ2n) is 10.9. The van der Waals surface area contributed by atoms with Crippen LogP contribution in [0.5, 0.6) is 5.75 Å². The first-order valence-electron chi connectivity index (χ1n) is 14.5. The molecule has 0 spiro atoms. The van der Waals surface area contributed by atoms with Crippen LogP contribution in [0.3, 0.4) is 0 Å². The van der Waals surface area contributed by atoms with E-state index in [9.17, 15) is 14.4 Å². The number of amides is 3. The molecule has 7 nitrogen and oxygen atoms in total. The number of rotatable bonds is 13. The molecular weight excluding hydrogens is 633 g/mol. The van der Waals surface area contributed by atoms with Crippen LogP contribution >= 0.6 is 34.8 Å². The van der Waals surface area contributed by atoms with E-state index in [0.29, 0.717) is 27.9 Å². The summed E-state index contributed by atoms with van der Waals surface area (Å²) < 4.78 is 5.98. The normalized spacial score (nSPS) is 12.2. The van der Waals surface area contributed by atoms with Gasteiger partial charge in [-0.1, -0.05) is 109 Å². The smallest absolute Gasteiger partial charge is 0.255 e. The van der Waals surface area contributed by atoms with Crippen molar-refractivity contribution >= 4 is 58.2 Å². The van der Waals surface area contributed by atoms with Crippen LogP contribution in [0.1, 0.15) is 41.8 Å². The van der Waals surface area contributed by atoms with Crippen LogP contribution in [0.2, 0.25) is 15.1 Å². The van der Waals surface area contributed by atoms with Crippen molar-refractivity contribution in [1.29, 1.82) is 0 Å². The monoisotopic (exact) mass is 665 g/mol. The standard InChI is InChI=1S/C35H34Cl3N3O4/c1-22(2)17-30(34(43)39-26-14-15-28(37)29(38)20-26)41-35(44)31(18-23-9-5-3-6-10-23)40-33(42)27-19-25(36)13-16-32(27)45-21-24-11-7-4-8-12-24/h3-16,19-20,22,30-31H,17-18,21H2,1-2H3,(H,39,43)(H,40,42)(H,41,44)/t30-,31-/m0/s1. The number of hydrogen-bond acceptors (Lipinski definition) is 4. The molecule has 0 unspecified atom stereocenters. The van der Waals surface area contributed by atoms with Gasteiger partial charge < -0.3 is 20.7 Å². The molecule has 234 valence electrons. The average molecular weight is 667 g/mol. The lowest BCUT2D eigenvalue weighted by Crippen LogP contribution is -2.53. The summed E-state index contributed by atoms with van der Waals surface area (Å²) in [6.45, 7) is 4.14. The number of halogens is 3. The Labute approximate surface area is 278 Å². The Hall–Kier alpha value is -4.04. The molecule has 0 bridgehead atoms. The van der Waals surface area contributed by atoms with Crippen LogP contribution < -0.4 is 20.7 Å². The minimum Gasteiger partial charge on any atom is -0.488 e. The Bertz CT molecular complexity index is 1620. The minimum atomic E-state index is -1.02. The quantitative estimate of drug-likeness (QED) is 0.136. The number of nitrogens with one attached hydrogen (secondary N) is 3. The molecule has 45 heavy (non-hydrogen) atoms. The van der Waals surface area contributed by atoms with Crippen LogP contribution in [-0.4, -0.2) is 29.8 Å². The van der Waals surface area contributed by atoms with Crippen molar-refractivity contribution in [3.05, 3.63) is 129 Å². The van der Waals surface area contributed by atoms with Crippen molar-refractivity contribution in [2.24, 2.45) is 5.92 Å². The molecule has 4 aromatic carbocycles. The van der Waals surface area contributed by atoms with Crippen LogP contribution in [0.15, 0.2) is 97.1 Å². The largest absolute Gasteiger partial charge is 0.488 e. The van der Waals surface area contributed by atoms with E-state index in [1.807, 2.05) is 74.5 Å². The van der Waals surface area contributed by atoms with Gasteiger partial charge in [-0.2, -0.15) is 0 Å². The molecule has 0 aliphatic carbocycles. The van der Waals surface area contributed by atoms with Gasteiger partial charge in [-0.05, 0) is 59.9 Å². The molecule has 3 N–H and O–H groups in total. The molecule has 0 aromatic heterocycles. The zero-order valence-electron chi connectivity index (χ0n) is 24.9. The summed E-state index contributed by atoms with van der Waals surface area (Å²) in [4.78, 5) is 40.9. The fourth-order valence-corrected chi connectivity index (χ4v) is 5.08. The van der Waals surface area contributed by atoms with Gasteiger partial charge in [0.15, 0.2) is 0 Å². The fraction of sp³-hybridized carbons (Fsp3) is 0.229. The maximum Gasteiger partial charge on any atom is 0.255 e. The molecule has 10 heteroatoms. The molecule has 0 aliphatic heterocycles. The van der Waals surface area contributed by atoms with E-state index in [-0.39, 0.29) is 29.5 Å². The lowest BCUT2D eigenvalue weighted by Gasteiger charge is -2.25. The highest BCUT2D eigenvalue weighted by atomic mass is 35.5. The Morgan fingerprint density at radius 2 is 1.38 bits per heavy atom. The van der Waals surface area contributed by atoms with Gasteiger partial charge in [-0.25, -0.2) is 0 Å². The van der Waals surface area contributed by atoms with E-state index in [4.69, 9.17) is 39.5 Å². The van der Waals surface area contributed by atoms with E-state index in [1.54, 1.807) is 24.3 Å². The molecule has 0 aliphatic rings. The third-order valence-corrected chi connectivity index (χ3v) is 7.83. The van der Waals surface area contributed by atoms with Gasteiger partial charge in [0.1, 0.15) is 24.4 Å². The zero-order chi connectivity index (χ0) is 32.3. The Kier molecular flexibility index (Phi) is 12.3. The van der Waals surface area contributed by atoms with Gasteiger partial charge >= 0.3 is 0 Å². The second-order valence-corrected chi connectivity index (χ2v) is 12.2. The second kappa shape index (κ2) is 16.3. The number of benzene rings is 4. The van der Waals surface area contributed by atoms with Crippen LogP contribution in [-0.2, 0) is 22.6 Å². The average Bonchev–Trinajstić information content (AvgIpc) is 3.02. The van der Waals surface area contributed by atoms with E-state index in [0.717, 1.165) is 11.1 Å².